The first-order valence-corrected chi connectivity index (χ1v) is 11.3. The van der Waals surface area contributed by atoms with Gasteiger partial charge in [0.15, 0.2) is 6.04 Å². The Kier molecular flexibility index (Phi) is 6.33. The molecule has 8 heteroatoms. The predicted octanol–water partition coefficient (Wildman–Crippen LogP) is 2.70. The molecule has 1 amide bonds. The van der Waals surface area contributed by atoms with E-state index in [1.807, 2.05) is 65.6 Å². The highest BCUT2D eigenvalue weighted by Gasteiger charge is 2.46. The lowest BCUT2D eigenvalue weighted by atomic mass is 10.0. The number of carbonyl (C=O) groups is 1. The number of guanidine groups is 1. The zero-order chi connectivity index (χ0) is 23.5. The summed E-state index contributed by atoms with van der Waals surface area (Å²) in [4.78, 5) is 26.5. The standard InChI is InChI=1S/C26H27N5O3/c1-17-20(15-33-13-18-8-4-2-5-9-18)22(34-14-19-10-6-3-7-11-19)12-21(17)31-16-28-23-24(31)29-26(27)30-25(23)32/h2-11,16,20-23H,1,12-15H2,(H2,27,30,32)/t20-,21-,22-,23?/m0/s1. The molecule has 5 rings (SSSR count). The molecule has 174 valence electrons. The number of benzene rings is 2. The van der Waals surface area contributed by atoms with Crippen LogP contribution in [0.25, 0.3) is 0 Å². The van der Waals surface area contributed by atoms with E-state index in [9.17, 15) is 4.79 Å². The smallest absolute Gasteiger partial charge is 0.281 e. The van der Waals surface area contributed by atoms with Gasteiger partial charge in [-0.25, -0.2) is 0 Å². The topological polar surface area (TPSA) is 102 Å². The van der Waals surface area contributed by atoms with Gasteiger partial charge in [0.25, 0.3) is 5.91 Å². The van der Waals surface area contributed by atoms with Crippen molar-refractivity contribution in [2.75, 3.05) is 6.61 Å². The molecule has 8 nitrogen and oxygen atoms in total. The van der Waals surface area contributed by atoms with Gasteiger partial charge in [0.05, 0.1) is 38.3 Å². The molecule has 1 saturated carbocycles. The van der Waals surface area contributed by atoms with E-state index in [1.165, 1.54) is 0 Å². The highest BCUT2D eigenvalue weighted by atomic mass is 16.5. The number of nitrogens with zero attached hydrogens (tertiary/aromatic N) is 4. The molecule has 1 unspecified atom stereocenters. The van der Waals surface area contributed by atoms with Crippen molar-refractivity contribution in [3.8, 4) is 0 Å². The lowest BCUT2D eigenvalue weighted by Crippen LogP contribution is -2.44. The third kappa shape index (κ3) is 4.55. The fourth-order valence-electron chi connectivity index (χ4n) is 4.62. The zero-order valence-corrected chi connectivity index (χ0v) is 18.8. The highest BCUT2D eigenvalue weighted by Crippen LogP contribution is 2.38. The second-order valence-corrected chi connectivity index (χ2v) is 8.62. The number of hydrogen-bond donors (Lipinski definition) is 1. The summed E-state index contributed by atoms with van der Waals surface area (Å²) in [6, 6.07) is 19.3. The summed E-state index contributed by atoms with van der Waals surface area (Å²) < 4.78 is 12.5. The molecule has 1 aliphatic carbocycles. The van der Waals surface area contributed by atoms with E-state index in [-0.39, 0.29) is 24.0 Å². The van der Waals surface area contributed by atoms with Crippen LogP contribution in [0.1, 0.15) is 17.5 Å². The number of ether oxygens (including phenoxy) is 2. The Morgan fingerprint density at radius 2 is 1.68 bits per heavy atom. The molecule has 0 radical (unpaired) electrons. The van der Waals surface area contributed by atoms with Crippen LogP contribution in [0.2, 0.25) is 0 Å². The van der Waals surface area contributed by atoms with Gasteiger partial charge in [0, 0.05) is 5.92 Å². The van der Waals surface area contributed by atoms with Gasteiger partial charge in [0.1, 0.15) is 5.84 Å². The maximum absolute atomic E-state index is 12.2. The average molecular weight is 458 g/mol. The number of aliphatic imine (C=N–C) groups is 3. The molecule has 0 spiro atoms. The molecule has 2 aromatic carbocycles. The van der Waals surface area contributed by atoms with E-state index >= 15 is 0 Å². The van der Waals surface area contributed by atoms with Crippen LogP contribution in [0.5, 0.6) is 0 Å². The lowest BCUT2D eigenvalue weighted by molar-refractivity contribution is -0.117. The number of carbonyl (C=O) groups excluding carboxylic acids is 1. The molecule has 0 aromatic heterocycles. The van der Waals surface area contributed by atoms with Gasteiger partial charge in [-0.1, -0.05) is 67.2 Å². The molecular formula is C26H27N5O3. The van der Waals surface area contributed by atoms with Crippen molar-refractivity contribution in [3.05, 3.63) is 83.9 Å². The van der Waals surface area contributed by atoms with Gasteiger partial charge in [-0.3, -0.25) is 9.79 Å². The van der Waals surface area contributed by atoms with E-state index in [0.717, 1.165) is 16.7 Å². The van der Waals surface area contributed by atoms with Gasteiger partial charge in [-0.15, -0.1) is 0 Å². The van der Waals surface area contributed by atoms with Crippen LogP contribution in [0.4, 0.5) is 0 Å². The molecule has 3 aliphatic rings. The van der Waals surface area contributed by atoms with Crippen molar-refractivity contribution in [1.29, 1.82) is 0 Å². The number of amides is 1. The first-order chi connectivity index (χ1) is 16.6. The normalized spacial score (nSPS) is 25.9. The Labute approximate surface area is 198 Å². The fraction of sp³-hybridized carbons (Fsp3) is 0.308. The molecule has 0 saturated heterocycles. The van der Waals surface area contributed by atoms with Crippen molar-refractivity contribution >= 4 is 24.0 Å². The molecule has 34 heavy (non-hydrogen) atoms. The first kappa shape index (κ1) is 22.2. The SMILES string of the molecule is C=C1[C@H](COCc2ccccc2)[C@@H](OCc2ccccc2)C[C@@H]1N1C=NC2C(=O)N=C(N)N=C21. The van der Waals surface area contributed by atoms with Crippen LogP contribution in [0.3, 0.4) is 0 Å². The summed E-state index contributed by atoms with van der Waals surface area (Å²) in [6.07, 6.45) is 2.22. The molecule has 2 heterocycles. The summed E-state index contributed by atoms with van der Waals surface area (Å²) in [5.41, 5.74) is 8.94. The van der Waals surface area contributed by atoms with E-state index in [2.05, 4.69) is 21.6 Å². The first-order valence-electron chi connectivity index (χ1n) is 11.3. The lowest BCUT2D eigenvalue weighted by Gasteiger charge is -2.27. The Hall–Kier alpha value is -3.62. The largest absolute Gasteiger partial charge is 0.376 e. The fourth-order valence-corrected chi connectivity index (χ4v) is 4.62. The van der Waals surface area contributed by atoms with Crippen LogP contribution < -0.4 is 5.73 Å². The van der Waals surface area contributed by atoms with Crippen molar-refractivity contribution in [1.82, 2.24) is 4.90 Å². The van der Waals surface area contributed by atoms with Crippen molar-refractivity contribution in [2.24, 2.45) is 26.6 Å². The molecule has 2 N–H and O–H groups in total. The predicted molar refractivity (Wildman–Crippen MR) is 130 cm³/mol. The average Bonchev–Trinajstić information content (AvgIpc) is 3.40. The maximum atomic E-state index is 12.2. The molecule has 2 aliphatic heterocycles. The van der Waals surface area contributed by atoms with Gasteiger partial charge in [-0.05, 0) is 23.1 Å². The van der Waals surface area contributed by atoms with E-state index in [1.54, 1.807) is 6.34 Å². The Morgan fingerprint density at radius 3 is 2.38 bits per heavy atom. The van der Waals surface area contributed by atoms with E-state index < -0.39 is 11.9 Å². The summed E-state index contributed by atoms with van der Waals surface area (Å²) in [5, 5.41) is 0. The highest BCUT2D eigenvalue weighted by molar-refractivity contribution is 6.22. The van der Waals surface area contributed by atoms with Crippen molar-refractivity contribution in [2.45, 2.75) is 37.8 Å². The number of fused-ring (bicyclic) bond motifs is 1. The van der Waals surface area contributed by atoms with Gasteiger partial charge >= 0.3 is 0 Å². The molecule has 4 atom stereocenters. The molecule has 2 aromatic rings. The third-order valence-electron chi connectivity index (χ3n) is 6.40. The number of nitrogens with two attached hydrogens (primary N) is 1. The van der Waals surface area contributed by atoms with Crippen LogP contribution in [-0.4, -0.2) is 53.7 Å². The van der Waals surface area contributed by atoms with Crippen LogP contribution in [0, 0.1) is 5.92 Å². The zero-order valence-electron chi connectivity index (χ0n) is 18.8. The minimum absolute atomic E-state index is 0.0178. The molecule has 1 fully saturated rings. The Bertz CT molecular complexity index is 1150. The van der Waals surface area contributed by atoms with E-state index in [0.29, 0.717) is 32.1 Å². The monoisotopic (exact) mass is 457 g/mol. The van der Waals surface area contributed by atoms with E-state index in [4.69, 9.17) is 15.2 Å². The number of amidine groups is 1. The number of hydrogen-bond acceptors (Lipinski definition) is 7. The Balaban J connectivity index is 1.32. The summed E-state index contributed by atoms with van der Waals surface area (Å²) >= 11 is 0. The maximum Gasteiger partial charge on any atom is 0.281 e. The Morgan fingerprint density at radius 1 is 1.00 bits per heavy atom. The van der Waals surface area contributed by atoms with Gasteiger partial charge in [-0.2, -0.15) is 9.98 Å². The number of rotatable bonds is 8. The summed E-state index contributed by atoms with van der Waals surface area (Å²) in [7, 11) is 0. The van der Waals surface area contributed by atoms with Gasteiger partial charge in [0.2, 0.25) is 5.96 Å². The second-order valence-electron chi connectivity index (χ2n) is 8.62. The minimum atomic E-state index is -0.739. The quantitative estimate of drug-likeness (QED) is 0.614. The minimum Gasteiger partial charge on any atom is -0.376 e. The van der Waals surface area contributed by atoms with Crippen molar-refractivity contribution < 1.29 is 14.3 Å². The molecular weight excluding hydrogens is 430 g/mol. The molecule has 0 bridgehead atoms. The summed E-state index contributed by atoms with van der Waals surface area (Å²) in [5.74, 6) is 0.0338. The van der Waals surface area contributed by atoms with Crippen molar-refractivity contribution in [3.63, 3.8) is 0 Å². The van der Waals surface area contributed by atoms with Crippen LogP contribution in [-0.2, 0) is 27.5 Å². The van der Waals surface area contributed by atoms with Crippen LogP contribution in [0.15, 0.2) is 87.8 Å². The van der Waals surface area contributed by atoms with Gasteiger partial charge < -0.3 is 20.1 Å². The van der Waals surface area contributed by atoms with Crippen LogP contribution >= 0.6 is 0 Å². The summed E-state index contributed by atoms with van der Waals surface area (Å²) in [6.45, 7) is 5.90. The second kappa shape index (κ2) is 9.70. The third-order valence-corrected chi connectivity index (χ3v) is 6.40.